The average molecular weight is 374 g/mol. The number of hydrogen-bond acceptors (Lipinski definition) is 5. The summed E-state index contributed by atoms with van der Waals surface area (Å²) in [7, 11) is 0. The smallest absolute Gasteiger partial charge is 0.334 e. The van der Waals surface area contributed by atoms with Gasteiger partial charge in [-0.25, -0.2) is 14.4 Å². The molecule has 1 N–H and O–H groups in total. The molecule has 0 spiro atoms. The third-order valence-corrected chi connectivity index (χ3v) is 4.92. The summed E-state index contributed by atoms with van der Waals surface area (Å²) in [5, 5.41) is 9.43. The van der Waals surface area contributed by atoms with Gasteiger partial charge in [-0.05, 0) is 39.2 Å². The van der Waals surface area contributed by atoms with E-state index in [1.54, 1.807) is 0 Å². The van der Waals surface area contributed by atoms with E-state index in [2.05, 4.69) is 6.58 Å². The number of esters is 2. The first-order valence-corrected chi connectivity index (χ1v) is 9.10. The lowest BCUT2D eigenvalue weighted by atomic mass is 9.85. The van der Waals surface area contributed by atoms with Crippen LogP contribution in [-0.4, -0.2) is 35.2 Å². The molecular weight excluding hydrogens is 348 g/mol. The lowest BCUT2D eigenvalue weighted by Gasteiger charge is -2.27. The molecule has 1 saturated heterocycles. The summed E-state index contributed by atoms with van der Waals surface area (Å²) in [5.74, 6) is -2.75. The Morgan fingerprint density at radius 3 is 2.78 bits per heavy atom. The molecule has 27 heavy (non-hydrogen) atoms. The van der Waals surface area contributed by atoms with Crippen LogP contribution < -0.4 is 0 Å². The Hall–Kier alpha value is -2.63. The van der Waals surface area contributed by atoms with Crippen LogP contribution in [-0.2, 0) is 23.9 Å². The molecule has 0 aromatic heterocycles. The minimum Gasteiger partial charge on any atom is -0.478 e. The quantitative estimate of drug-likeness (QED) is 0.460. The number of aliphatic carboxylic acids is 1. The van der Waals surface area contributed by atoms with E-state index in [-0.39, 0.29) is 11.1 Å². The lowest BCUT2D eigenvalue weighted by Crippen LogP contribution is -2.33. The van der Waals surface area contributed by atoms with Crippen molar-refractivity contribution in [1.82, 2.24) is 0 Å². The molecule has 2 aliphatic rings. The highest BCUT2D eigenvalue weighted by molar-refractivity contribution is 5.92. The monoisotopic (exact) mass is 374 g/mol. The molecule has 1 aliphatic heterocycles. The van der Waals surface area contributed by atoms with Crippen molar-refractivity contribution < 1.29 is 29.0 Å². The molecule has 3 atom stereocenters. The molecule has 1 fully saturated rings. The van der Waals surface area contributed by atoms with Gasteiger partial charge in [-0.15, -0.1) is 0 Å². The van der Waals surface area contributed by atoms with Crippen molar-refractivity contribution in [3.8, 4) is 0 Å². The van der Waals surface area contributed by atoms with Crippen LogP contribution in [0.3, 0.4) is 0 Å². The first kappa shape index (κ1) is 20.7. The highest BCUT2D eigenvalue weighted by Crippen LogP contribution is 2.36. The Morgan fingerprint density at radius 2 is 2.15 bits per heavy atom. The van der Waals surface area contributed by atoms with E-state index in [4.69, 9.17) is 9.47 Å². The van der Waals surface area contributed by atoms with Gasteiger partial charge in [0.2, 0.25) is 0 Å². The van der Waals surface area contributed by atoms with Gasteiger partial charge in [0.1, 0.15) is 12.2 Å². The molecule has 2 rings (SSSR count). The van der Waals surface area contributed by atoms with Gasteiger partial charge in [-0.1, -0.05) is 30.7 Å². The molecule has 0 bridgehead atoms. The molecule has 6 nitrogen and oxygen atoms in total. The van der Waals surface area contributed by atoms with Crippen molar-refractivity contribution >= 4 is 17.9 Å². The van der Waals surface area contributed by atoms with Crippen molar-refractivity contribution in [3.05, 3.63) is 47.1 Å². The molecule has 1 heterocycles. The van der Waals surface area contributed by atoms with Crippen molar-refractivity contribution in [2.24, 2.45) is 5.92 Å². The van der Waals surface area contributed by atoms with Crippen molar-refractivity contribution in [3.63, 3.8) is 0 Å². The third kappa shape index (κ3) is 5.18. The van der Waals surface area contributed by atoms with Gasteiger partial charge in [0.25, 0.3) is 0 Å². The van der Waals surface area contributed by atoms with Crippen molar-refractivity contribution in [1.29, 1.82) is 0 Å². The number of rotatable bonds is 4. The number of ether oxygens (including phenoxy) is 2. The van der Waals surface area contributed by atoms with Crippen LogP contribution in [0.2, 0.25) is 0 Å². The Labute approximate surface area is 159 Å². The lowest BCUT2D eigenvalue weighted by molar-refractivity contribution is -0.146. The van der Waals surface area contributed by atoms with Crippen LogP contribution in [0.25, 0.3) is 0 Å². The molecule has 146 valence electrons. The van der Waals surface area contributed by atoms with E-state index in [0.717, 1.165) is 17.6 Å². The molecule has 0 unspecified atom stereocenters. The van der Waals surface area contributed by atoms with Gasteiger partial charge in [0.15, 0.2) is 0 Å². The predicted molar refractivity (Wildman–Crippen MR) is 99.8 cm³/mol. The largest absolute Gasteiger partial charge is 0.478 e. The van der Waals surface area contributed by atoms with Crippen LogP contribution in [0.15, 0.2) is 47.1 Å². The first-order chi connectivity index (χ1) is 12.7. The number of carbonyl (C=O) groups is 3. The Morgan fingerprint density at radius 1 is 1.44 bits per heavy atom. The molecule has 1 aliphatic carbocycles. The number of fused-ring (bicyclic) bond motifs is 1. The zero-order chi connectivity index (χ0) is 20.1. The fourth-order valence-electron chi connectivity index (χ4n) is 3.24. The third-order valence-electron chi connectivity index (χ3n) is 4.92. The maximum absolute atomic E-state index is 12.3. The van der Waals surface area contributed by atoms with E-state index >= 15 is 0 Å². The maximum Gasteiger partial charge on any atom is 0.334 e. The summed E-state index contributed by atoms with van der Waals surface area (Å²) in [4.78, 5) is 35.9. The molecule has 0 aromatic carbocycles. The Bertz CT molecular complexity index is 740. The number of allylic oxidation sites excluding steroid dienone is 2. The standard InChI is InChI=1S/C21H26O6/c1-5-12(2)10-18(22)26-16-9-13(3)7-6-8-15(20(23)24)11-17-19(16)14(4)21(25)27-17/h7,10-11,16-17,19H,4-6,8-9H2,1-3H3,(H,23,24)/b12-10+,13-7-,15-11-/t16-,17-,19-/m1/s1. The molecular formula is C21H26O6. The second kappa shape index (κ2) is 8.84. The first-order valence-electron chi connectivity index (χ1n) is 9.10. The molecule has 0 saturated carbocycles. The van der Waals surface area contributed by atoms with E-state index in [9.17, 15) is 19.5 Å². The summed E-state index contributed by atoms with van der Waals surface area (Å²) in [6.07, 6.45) is 5.39. The van der Waals surface area contributed by atoms with Crippen LogP contribution in [0.5, 0.6) is 0 Å². The van der Waals surface area contributed by atoms with E-state index < -0.39 is 36.0 Å². The molecule has 0 aromatic rings. The second-order valence-electron chi connectivity index (χ2n) is 7.03. The Kier molecular flexibility index (Phi) is 6.77. The van der Waals surface area contributed by atoms with Crippen LogP contribution in [0.1, 0.15) is 46.5 Å². The zero-order valence-corrected chi connectivity index (χ0v) is 16.0. The summed E-state index contributed by atoms with van der Waals surface area (Å²) >= 11 is 0. The number of carboxylic acid groups (broad SMARTS) is 1. The summed E-state index contributed by atoms with van der Waals surface area (Å²) in [5.41, 5.74) is 2.21. The highest BCUT2D eigenvalue weighted by Gasteiger charge is 2.44. The van der Waals surface area contributed by atoms with Crippen molar-refractivity contribution in [2.75, 3.05) is 0 Å². The topological polar surface area (TPSA) is 89.9 Å². The van der Waals surface area contributed by atoms with E-state index in [0.29, 0.717) is 19.3 Å². The van der Waals surface area contributed by atoms with Gasteiger partial charge >= 0.3 is 17.9 Å². The fraction of sp³-hybridized carbons (Fsp3) is 0.476. The van der Waals surface area contributed by atoms with Crippen LogP contribution >= 0.6 is 0 Å². The second-order valence-corrected chi connectivity index (χ2v) is 7.03. The fourth-order valence-corrected chi connectivity index (χ4v) is 3.24. The maximum atomic E-state index is 12.3. The van der Waals surface area contributed by atoms with Gasteiger partial charge in [0, 0.05) is 23.6 Å². The van der Waals surface area contributed by atoms with Gasteiger partial charge in [-0.3, -0.25) is 0 Å². The van der Waals surface area contributed by atoms with Gasteiger partial charge in [-0.2, -0.15) is 0 Å². The SMILES string of the molecule is C=C1C(=O)O[C@@H]2/C=C(\C(=O)O)CC/C=C(/C)C[C@@H](OC(=O)/C=C(\C)CC)[C@@H]12. The zero-order valence-electron chi connectivity index (χ0n) is 16.0. The van der Waals surface area contributed by atoms with E-state index in [1.807, 2.05) is 26.8 Å². The molecule has 0 radical (unpaired) electrons. The predicted octanol–water partition coefficient (Wildman–Crippen LogP) is 3.49. The average Bonchev–Trinajstić information content (AvgIpc) is 2.86. The number of carboxylic acids is 1. The van der Waals surface area contributed by atoms with Crippen LogP contribution in [0, 0.1) is 5.92 Å². The van der Waals surface area contributed by atoms with Crippen LogP contribution in [0.4, 0.5) is 0 Å². The van der Waals surface area contributed by atoms with Crippen molar-refractivity contribution in [2.45, 2.75) is 58.7 Å². The Balaban J connectivity index is 2.41. The minimum atomic E-state index is -1.05. The molecule has 6 heteroatoms. The summed E-state index contributed by atoms with van der Waals surface area (Å²) in [6.45, 7) is 9.47. The minimum absolute atomic E-state index is 0.172. The molecule has 0 amide bonds. The number of carbonyl (C=O) groups excluding carboxylic acids is 2. The normalized spacial score (nSPS) is 30.3. The van der Waals surface area contributed by atoms with E-state index in [1.165, 1.54) is 12.2 Å². The summed E-state index contributed by atoms with van der Waals surface area (Å²) < 4.78 is 11.0. The van der Waals surface area contributed by atoms with Gasteiger partial charge in [0.05, 0.1) is 5.92 Å². The van der Waals surface area contributed by atoms with Gasteiger partial charge < -0.3 is 14.6 Å². The number of hydrogen-bond donors (Lipinski definition) is 1. The summed E-state index contributed by atoms with van der Waals surface area (Å²) in [6, 6.07) is 0. The highest BCUT2D eigenvalue weighted by atomic mass is 16.6.